The van der Waals surface area contributed by atoms with Gasteiger partial charge < -0.3 is 0 Å². The third-order valence-corrected chi connectivity index (χ3v) is 3.24. The minimum Gasteiger partial charge on any atom is -0.0804 e. The molecule has 0 saturated carbocycles. The molecule has 0 saturated heterocycles. The van der Waals surface area contributed by atoms with Crippen LogP contribution in [0.5, 0.6) is 0 Å². The van der Waals surface area contributed by atoms with Gasteiger partial charge in [-0.2, -0.15) is 0 Å². The summed E-state index contributed by atoms with van der Waals surface area (Å²) in [4.78, 5) is 0. The van der Waals surface area contributed by atoms with Crippen LogP contribution in [0.25, 0.3) is 0 Å². The highest BCUT2D eigenvalue weighted by Crippen LogP contribution is 2.32. The average molecular weight is 182 g/mol. The molecule has 0 radical (unpaired) electrons. The Labute approximate surface area is 85.0 Å². The molecule has 0 bridgehead atoms. The van der Waals surface area contributed by atoms with Crippen molar-refractivity contribution >= 4 is 0 Å². The highest BCUT2D eigenvalue weighted by atomic mass is 14.2. The van der Waals surface area contributed by atoms with Gasteiger partial charge in [0.05, 0.1) is 0 Å². The molecule has 1 aromatic rings. The molecule has 14 heavy (non-hydrogen) atoms. The van der Waals surface area contributed by atoms with Gasteiger partial charge in [0.15, 0.2) is 0 Å². The van der Waals surface area contributed by atoms with Crippen molar-refractivity contribution in [3.63, 3.8) is 0 Å². The van der Waals surface area contributed by atoms with E-state index in [2.05, 4.69) is 36.4 Å². The van der Waals surface area contributed by atoms with E-state index in [1.54, 1.807) is 11.1 Å². The van der Waals surface area contributed by atoms with E-state index in [9.17, 15) is 0 Å². The third kappa shape index (κ3) is 1.22. The summed E-state index contributed by atoms with van der Waals surface area (Å²) in [5.74, 6) is 0. The topological polar surface area (TPSA) is 0 Å². The van der Waals surface area contributed by atoms with E-state index < -0.39 is 0 Å². The summed E-state index contributed by atoms with van der Waals surface area (Å²) in [6, 6.07) is 8.83. The molecule has 0 aliphatic heterocycles. The van der Waals surface area contributed by atoms with Gasteiger partial charge in [-0.3, -0.25) is 0 Å². The second-order valence-corrected chi connectivity index (χ2v) is 4.16. The maximum atomic E-state index is 2.42. The SMILES string of the molecule is C1=C2Cc3ccccc3CC2=CCC1. The lowest BCUT2D eigenvalue weighted by atomic mass is 9.81. The van der Waals surface area contributed by atoms with E-state index in [1.807, 2.05) is 0 Å². The summed E-state index contributed by atoms with van der Waals surface area (Å²) in [5, 5.41) is 0. The zero-order valence-electron chi connectivity index (χ0n) is 8.29. The normalized spacial score (nSPS) is 19.1. The Bertz CT molecular complexity index is 380. The van der Waals surface area contributed by atoms with Crippen LogP contribution in [0.3, 0.4) is 0 Å². The molecule has 0 heterocycles. The first kappa shape index (κ1) is 8.05. The van der Waals surface area contributed by atoms with Gasteiger partial charge in [0.2, 0.25) is 0 Å². The van der Waals surface area contributed by atoms with E-state index in [4.69, 9.17) is 0 Å². The van der Waals surface area contributed by atoms with E-state index in [0.29, 0.717) is 0 Å². The summed E-state index contributed by atoms with van der Waals surface area (Å²) in [6.45, 7) is 0. The van der Waals surface area contributed by atoms with E-state index >= 15 is 0 Å². The molecule has 70 valence electrons. The van der Waals surface area contributed by atoms with Gasteiger partial charge in [-0.15, -0.1) is 0 Å². The Morgan fingerprint density at radius 2 is 1.21 bits per heavy atom. The maximum absolute atomic E-state index is 2.42. The van der Waals surface area contributed by atoms with Crippen LogP contribution in [-0.2, 0) is 12.8 Å². The van der Waals surface area contributed by atoms with Gasteiger partial charge in [-0.05, 0) is 48.0 Å². The van der Waals surface area contributed by atoms with Crippen LogP contribution in [-0.4, -0.2) is 0 Å². The zero-order valence-corrected chi connectivity index (χ0v) is 8.29. The minimum atomic E-state index is 1.15. The summed E-state index contributed by atoms with van der Waals surface area (Å²) < 4.78 is 0. The Kier molecular flexibility index (Phi) is 1.80. The molecule has 0 unspecified atom stereocenters. The molecule has 0 atom stereocenters. The zero-order chi connectivity index (χ0) is 9.38. The van der Waals surface area contributed by atoms with E-state index in [1.165, 1.54) is 24.0 Å². The highest BCUT2D eigenvalue weighted by molar-refractivity contribution is 5.48. The molecule has 0 amide bonds. The van der Waals surface area contributed by atoms with Gasteiger partial charge in [-0.25, -0.2) is 0 Å². The van der Waals surface area contributed by atoms with Crippen molar-refractivity contribution in [2.24, 2.45) is 0 Å². The van der Waals surface area contributed by atoms with Crippen LogP contribution in [0.15, 0.2) is 47.6 Å². The molecule has 2 aliphatic carbocycles. The fraction of sp³-hybridized carbons (Fsp3) is 0.286. The summed E-state index contributed by atoms with van der Waals surface area (Å²) in [7, 11) is 0. The summed E-state index contributed by atoms with van der Waals surface area (Å²) >= 11 is 0. The number of benzene rings is 1. The van der Waals surface area contributed by atoms with Gasteiger partial charge in [0, 0.05) is 0 Å². The number of hydrogen-bond acceptors (Lipinski definition) is 0. The Morgan fingerprint density at radius 1 is 0.714 bits per heavy atom. The lowest BCUT2D eigenvalue weighted by Crippen LogP contribution is -2.10. The van der Waals surface area contributed by atoms with Gasteiger partial charge in [-0.1, -0.05) is 36.4 Å². The molecule has 0 N–H and O–H groups in total. The van der Waals surface area contributed by atoms with Crippen LogP contribution in [0, 0.1) is 0 Å². The molecule has 0 heteroatoms. The standard InChI is InChI=1S/C14H14/c1-2-6-12-10-14-8-4-3-7-13(14)9-11(12)5-1/h1-2,5-8H,3-4,9-10H2. The Morgan fingerprint density at radius 3 is 1.71 bits per heavy atom. The smallest absolute Gasteiger partial charge is 0.00234 e. The molecule has 0 fully saturated rings. The predicted molar refractivity (Wildman–Crippen MR) is 59.3 cm³/mol. The molecule has 1 aromatic carbocycles. The maximum Gasteiger partial charge on any atom is -0.00234 e. The van der Waals surface area contributed by atoms with Crippen molar-refractivity contribution in [3.05, 3.63) is 58.7 Å². The first-order chi connectivity index (χ1) is 6.93. The molecule has 0 nitrogen and oxygen atoms in total. The van der Waals surface area contributed by atoms with Crippen LogP contribution < -0.4 is 0 Å². The van der Waals surface area contributed by atoms with Crippen LogP contribution in [0.4, 0.5) is 0 Å². The van der Waals surface area contributed by atoms with Crippen molar-refractivity contribution in [1.82, 2.24) is 0 Å². The van der Waals surface area contributed by atoms with Crippen LogP contribution >= 0.6 is 0 Å². The van der Waals surface area contributed by atoms with Crippen LogP contribution in [0.2, 0.25) is 0 Å². The largest absolute Gasteiger partial charge is 0.0804 e. The van der Waals surface area contributed by atoms with Crippen molar-refractivity contribution in [1.29, 1.82) is 0 Å². The molecule has 2 aliphatic rings. The second-order valence-electron chi connectivity index (χ2n) is 4.16. The Hall–Kier alpha value is -1.30. The lowest BCUT2D eigenvalue weighted by molar-refractivity contribution is 0.898. The van der Waals surface area contributed by atoms with E-state index in [-0.39, 0.29) is 0 Å². The van der Waals surface area contributed by atoms with Gasteiger partial charge >= 0.3 is 0 Å². The fourth-order valence-electron chi connectivity index (χ4n) is 2.46. The van der Waals surface area contributed by atoms with Crippen molar-refractivity contribution in [2.45, 2.75) is 25.7 Å². The number of rotatable bonds is 0. The van der Waals surface area contributed by atoms with Crippen molar-refractivity contribution < 1.29 is 0 Å². The number of fused-ring (bicyclic) bond motifs is 2. The second kappa shape index (κ2) is 3.13. The summed E-state index contributed by atoms with van der Waals surface area (Å²) in [6.07, 6.45) is 9.63. The lowest BCUT2D eigenvalue weighted by Gasteiger charge is -2.24. The molecule has 0 aromatic heterocycles. The quantitative estimate of drug-likeness (QED) is 0.576. The third-order valence-electron chi connectivity index (χ3n) is 3.24. The molecule has 0 spiro atoms. The van der Waals surface area contributed by atoms with Crippen LogP contribution in [0.1, 0.15) is 24.0 Å². The number of hydrogen-bond donors (Lipinski definition) is 0. The molecular weight excluding hydrogens is 168 g/mol. The molecule has 3 rings (SSSR count). The number of allylic oxidation sites excluding steroid dienone is 4. The van der Waals surface area contributed by atoms with Crippen molar-refractivity contribution in [3.8, 4) is 0 Å². The van der Waals surface area contributed by atoms with Gasteiger partial charge in [0.1, 0.15) is 0 Å². The monoisotopic (exact) mass is 182 g/mol. The van der Waals surface area contributed by atoms with Gasteiger partial charge in [0.25, 0.3) is 0 Å². The highest BCUT2D eigenvalue weighted by Gasteiger charge is 2.17. The van der Waals surface area contributed by atoms with Crippen molar-refractivity contribution in [2.75, 3.05) is 0 Å². The van der Waals surface area contributed by atoms with E-state index in [0.717, 1.165) is 12.8 Å². The summed E-state index contributed by atoms with van der Waals surface area (Å²) in [5.41, 5.74) is 6.21. The molecular formula is C14H14. The Balaban J connectivity index is 2.07. The fourth-order valence-corrected chi connectivity index (χ4v) is 2.46. The first-order valence-electron chi connectivity index (χ1n) is 5.39. The predicted octanol–water partition coefficient (Wildman–Crippen LogP) is 3.43. The minimum absolute atomic E-state index is 1.15. The average Bonchev–Trinajstić information content (AvgIpc) is 2.26. The first-order valence-corrected chi connectivity index (χ1v) is 5.39.